The minimum atomic E-state index is -1.28. The molecule has 0 saturated heterocycles. The van der Waals surface area contributed by atoms with E-state index in [1.165, 1.54) is 0 Å². The number of aliphatic hydroxyl groups excluding tert-OH is 1. The van der Waals surface area contributed by atoms with E-state index < -0.39 is 28.9 Å². The van der Waals surface area contributed by atoms with Crippen molar-refractivity contribution >= 4 is 12.4 Å². The fraction of sp³-hybridized carbons (Fsp3) is 0.455. The van der Waals surface area contributed by atoms with Crippen LogP contribution in [0.5, 0.6) is 0 Å². The third kappa shape index (κ3) is 3.34. The summed E-state index contributed by atoms with van der Waals surface area (Å²) in [5.41, 5.74) is 4.56. The first kappa shape index (κ1) is 16.2. The topological polar surface area (TPSA) is 46.2 Å². The highest BCUT2D eigenvalue weighted by molar-refractivity contribution is 5.85. The number of hydrogen-bond acceptors (Lipinski definition) is 2. The summed E-state index contributed by atoms with van der Waals surface area (Å²) in [5, 5.41) is 9.07. The zero-order valence-corrected chi connectivity index (χ0v) is 10.3. The molecule has 1 rings (SSSR count). The summed E-state index contributed by atoms with van der Waals surface area (Å²) in [6, 6.07) is 0.320. The Morgan fingerprint density at radius 2 is 1.82 bits per heavy atom. The largest absolute Gasteiger partial charge is 0.396 e. The fourth-order valence-corrected chi connectivity index (χ4v) is 1.32. The van der Waals surface area contributed by atoms with Crippen LogP contribution in [-0.2, 0) is 0 Å². The number of hydrogen-bond donors (Lipinski definition) is 2. The lowest BCUT2D eigenvalue weighted by Crippen LogP contribution is -2.33. The van der Waals surface area contributed by atoms with E-state index in [4.69, 9.17) is 10.8 Å². The maximum absolute atomic E-state index is 13.4. The summed E-state index contributed by atoms with van der Waals surface area (Å²) in [6.45, 7) is 2.85. The Balaban J connectivity index is 0.00000256. The maximum Gasteiger partial charge on any atom is 0.163 e. The third-order valence-electron chi connectivity index (χ3n) is 2.61. The molecule has 0 aliphatic rings. The standard InChI is InChI=1S/C11H14F3NO.ClH/c1-11(2,5-16)10(15)7-3-6(12)4-8(13)9(7)14;/h3-4,10,16H,5,15H2,1-2H3;1H/t10-;/m1./s1. The summed E-state index contributed by atoms with van der Waals surface area (Å²) < 4.78 is 39.3. The van der Waals surface area contributed by atoms with Crippen molar-refractivity contribution in [2.24, 2.45) is 11.1 Å². The van der Waals surface area contributed by atoms with Crippen LogP contribution in [0.4, 0.5) is 13.2 Å². The normalized spacial score (nSPS) is 13.1. The average molecular weight is 270 g/mol. The number of halogens is 4. The van der Waals surface area contributed by atoms with Crippen LogP contribution in [0.3, 0.4) is 0 Å². The Bertz CT molecular complexity index is 399. The molecule has 1 aromatic carbocycles. The van der Waals surface area contributed by atoms with E-state index in [2.05, 4.69) is 0 Å². The second-order valence-corrected chi connectivity index (χ2v) is 4.42. The lowest BCUT2D eigenvalue weighted by Gasteiger charge is -2.30. The summed E-state index contributed by atoms with van der Waals surface area (Å²) >= 11 is 0. The molecule has 17 heavy (non-hydrogen) atoms. The summed E-state index contributed by atoms with van der Waals surface area (Å²) in [7, 11) is 0. The highest BCUT2D eigenvalue weighted by Crippen LogP contribution is 2.33. The van der Waals surface area contributed by atoms with Crippen LogP contribution < -0.4 is 5.73 Å². The molecule has 3 N–H and O–H groups in total. The fourth-order valence-electron chi connectivity index (χ4n) is 1.32. The lowest BCUT2D eigenvalue weighted by atomic mass is 9.81. The quantitative estimate of drug-likeness (QED) is 0.829. The molecule has 0 aliphatic heterocycles. The van der Waals surface area contributed by atoms with Crippen molar-refractivity contribution < 1.29 is 18.3 Å². The summed E-state index contributed by atoms with van der Waals surface area (Å²) in [5.74, 6) is -3.34. The van der Waals surface area contributed by atoms with Gasteiger partial charge in [-0.25, -0.2) is 13.2 Å². The molecule has 1 aromatic rings. The second kappa shape index (κ2) is 5.71. The van der Waals surface area contributed by atoms with Crippen LogP contribution in [0.2, 0.25) is 0 Å². The van der Waals surface area contributed by atoms with E-state index in [1.807, 2.05) is 0 Å². The van der Waals surface area contributed by atoms with E-state index in [-0.39, 0.29) is 24.6 Å². The van der Waals surface area contributed by atoms with Crippen LogP contribution in [-0.4, -0.2) is 11.7 Å². The van der Waals surface area contributed by atoms with E-state index in [1.54, 1.807) is 13.8 Å². The van der Waals surface area contributed by atoms with Gasteiger partial charge in [-0.15, -0.1) is 12.4 Å². The number of rotatable bonds is 3. The molecule has 2 nitrogen and oxygen atoms in total. The molecule has 0 heterocycles. The highest BCUT2D eigenvalue weighted by Gasteiger charge is 2.30. The zero-order chi connectivity index (χ0) is 12.5. The number of aliphatic hydroxyl groups is 1. The van der Waals surface area contributed by atoms with Gasteiger partial charge in [-0.3, -0.25) is 0 Å². The van der Waals surface area contributed by atoms with Crippen LogP contribution in [0.15, 0.2) is 12.1 Å². The molecule has 0 radical (unpaired) electrons. The van der Waals surface area contributed by atoms with Crippen LogP contribution in [0.25, 0.3) is 0 Å². The van der Waals surface area contributed by atoms with Gasteiger partial charge in [-0.05, 0) is 6.07 Å². The molecule has 0 fully saturated rings. The first-order valence-electron chi connectivity index (χ1n) is 4.80. The molecule has 0 unspecified atom stereocenters. The van der Waals surface area contributed by atoms with Crippen LogP contribution in [0.1, 0.15) is 25.5 Å². The van der Waals surface area contributed by atoms with E-state index in [0.717, 1.165) is 6.07 Å². The second-order valence-electron chi connectivity index (χ2n) is 4.42. The predicted molar refractivity (Wildman–Crippen MR) is 61.4 cm³/mol. The highest BCUT2D eigenvalue weighted by atomic mass is 35.5. The van der Waals surface area contributed by atoms with E-state index in [0.29, 0.717) is 6.07 Å². The number of nitrogens with two attached hydrogens (primary N) is 1. The summed E-state index contributed by atoms with van der Waals surface area (Å²) in [6.07, 6.45) is 0. The SMILES string of the molecule is CC(C)(CO)[C@H](N)c1cc(F)cc(F)c1F.Cl. The molecule has 0 amide bonds. The van der Waals surface area contributed by atoms with Gasteiger partial charge in [-0.2, -0.15) is 0 Å². The van der Waals surface area contributed by atoms with Crippen LogP contribution in [0, 0.1) is 22.9 Å². The molecule has 98 valence electrons. The molecule has 1 atom stereocenters. The minimum Gasteiger partial charge on any atom is -0.396 e. The summed E-state index contributed by atoms with van der Waals surface area (Å²) in [4.78, 5) is 0. The zero-order valence-electron chi connectivity index (χ0n) is 9.51. The minimum absolute atomic E-state index is 0. The molecular formula is C11H15ClF3NO. The molecule has 6 heteroatoms. The molecule has 0 aliphatic carbocycles. The Kier molecular flexibility index (Phi) is 5.45. The van der Waals surface area contributed by atoms with Gasteiger partial charge in [0, 0.05) is 29.7 Å². The molecular weight excluding hydrogens is 255 g/mol. The van der Waals surface area contributed by atoms with Crippen molar-refractivity contribution in [3.8, 4) is 0 Å². The van der Waals surface area contributed by atoms with Gasteiger partial charge in [0.2, 0.25) is 0 Å². The monoisotopic (exact) mass is 269 g/mol. The Labute approximate surface area is 104 Å². The number of benzene rings is 1. The van der Waals surface area contributed by atoms with Crippen molar-refractivity contribution in [3.63, 3.8) is 0 Å². The van der Waals surface area contributed by atoms with Crippen molar-refractivity contribution in [3.05, 3.63) is 35.1 Å². The van der Waals surface area contributed by atoms with Crippen LogP contribution >= 0.6 is 12.4 Å². The van der Waals surface area contributed by atoms with Gasteiger partial charge in [0.25, 0.3) is 0 Å². The lowest BCUT2D eigenvalue weighted by molar-refractivity contribution is 0.130. The van der Waals surface area contributed by atoms with E-state index >= 15 is 0 Å². The molecule has 0 saturated carbocycles. The third-order valence-corrected chi connectivity index (χ3v) is 2.61. The van der Waals surface area contributed by atoms with Gasteiger partial charge in [0.15, 0.2) is 11.6 Å². The molecule has 0 bridgehead atoms. The predicted octanol–water partition coefficient (Wildman–Crippen LogP) is 2.54. The molecule has 0 spiro atoms. The van der Waals surface area contributed by atoms with E-state index in [9.17, 15) is 13.2 Å². The van der Waals surface area contributed by atoms with Gasteiger partial charge in [-0.1, -0.05) is 13.8 Å². The van der Waals surface area contributed by atoms with Crippen molar-refractivity contribution in [1.29, 1.82) is 0 Å². The van der Waals surface area contributed by atoms with Gasteiger partial charge < -0.3 is 10.8 Å². The molecule has 0 aromatic heterocycles. The Morgan fingerprint density at radius 1 is 1.29 bits per heavy atom. The van der Waals surface area contributed by atoms with Gasteiger partial charge in [0.05, 0.1) is 0 Å². The Hall–Kier alpha value is -0.780. The first-order valence-corrected chi connectivity index (χ1v) is 4.80. The Morgan fingerprint density at radius 3 is 2.29 bits per heavy atom. The van der Waals surface area contributed by atoms with Gasteiger partial charge in [0.1, 0.15) is 5.82 Å². The first-order chi connectivity index (χ1) is 7.29. The smallest absolute Gasteiger partial charge is 0.163 e. The van der Waals surface area contributed by atoms with Crippen molar-refractivity contribution in [1.82, 2.24) is 0 Å². The average Bonchev–Trinajstić information content (AvgIpc) is 2.22. The van der Waals surface area contributed by atoms with Crippen molar-refractivity contribution in [2.75, 3.05) is 6.61 Å². The maximum atomic E-state index is 13.4. The van der Waals surface area contributed by atoms with Gasteiger partial charge >= 0.3 is 0 Å². The van der Waals surface area contributed by atoms with Crippen molar-refractivity contribution in [2.45, 2.75) is 19.9 Å².